The molecule has 1 heterocycles. The second-order valence-electron chi connectivity index (χ2n) is 6.94. The lowest BCUT2D eigenvalue weighted by molar-refractivity contribution is 0.176. The Balaban J connectivity index is 0.00000182. The van der Waals surface area contributed by atoms with Crippen LogP contribution >= 0.6 is 24.8 Å². The molecule has 2 aromatic rings. The van der Waals surface area contributed by atoms with Gasteiger partial charge in [-0.1, -0.05) is 38.2 Å². The minimum atomic E-state index is 0. The van der Waals surface area contributed by atoms with Crippen LogP contribution in [-0.4, -0.2) is 36.4 Å². The molecule has 2 N–H and O–H groups in total. The average Bonchev–Trinajstić information content (AvgIpc) is 2.61. The molecule has 0 bridgehead atoms. The summed E-state index contributed by atoms with van der Waals surface area (Å²) in [4.78, 5) is 8.98. The molecule has 0 unspecified atom stereocenters. The molecule has 0 amide bonds. The number of nitrogens with one attached hydrogen (secondary N) is 2. The third-order valence-electron chi connectivity index (χ3n) is 4.98. The van der Waals surface area contributed by atoms with Crippen LogP contribution in [0.5, 0.6) is 0 Å². The summed E-state index contributed by atoms with van der Waals surface area (Å²) in [6.07, 6.45) is 11.9. The molecule has 0 atom stereocenters. The summed E-state index contributed by atoms with van der Waals surface area (Å²) in [5, 5.41) is 8.10. The summed E-state index contributed by atoms with van der Waals surface area (Å²) in [5.74, 6) is 0.988. The van der Waals surface area contributed by atoms with Gasteiger partial charge < -0.3 is 10.1 Å². The Morgan fingerprint density at radius 1 is 1.04 bits per heavy atom. The minimum Gasteiger partial charge on any atom is -0.370 e. The van der Waals surface area contributed by atoms with E-state index in [2.05, 4.69) is 38.8 Å². The standard InChI is InChI=1S/C20H30N4O.2ClH/c1-25-15-21-12-11-16-9-10-19-18(13-16)20(23-14-22-19)24-17-7-5-3-2-4-6-8-17;;/h9-10,13-14,17,21H,2-8,11-12,15H2,1H3,(H,22,23,24);2*1H. The van der Waals surface area contributed by atoms with E-state index < -0.39 is 0 Å². The van der Waals surface area contributed by atoms with Gasteiger partial charge in [-0.15, -0.1) is 24.8 Å². The molecule has 1 saturated carbocycles. The highest BCUT2D eigenvalue weighted by Gasteiger charge is 2.13. The van der Waals surface area contributed by atoms with E-state index in [-0.39, 0.29) is 24.8 Å². The molecule has 1 aliphatic rings. The van der Waals surface area contributed by atoms with Gasteiger partial charge in [-0.25, -0.2) is 9.97 Å². The Hall–Kier alpha value is -1.14. The average molecular weight is 415 g/mol. The highest BCUT2D eigenvalue weighted by atomic mass is 35.5. The second-order valence-corrected chi connectivity index (χ2v) is 6.94. The van der Waals surface area contributed by atoms with Crippen molar-refractivity contribution in [1.29, 1.82) is 0 Å². The smallest absolute Gasteiger partial charge is 0.137 e. The zero-order valence-electron chi connectivity index (χ0n) is 16.1. The second kappa shape index (κ2) is 13.1. The molecule has 5 nitrogen and oxygen atoms in total. The quantitative estimate of drug-likeness (QED) is 0.506. The Bertz CT molecular complexity index is 663. The maximum absolute atomic E-state index is 5.03. The molecule has 0 saturated heterocycles. The molecule has 1 fully saturated rings. The number of hydrogen-bond acceptors (Lipinski definition) is 5. The van der Waals surface area contributed by atoms with Crippen LogP contribution in [-0.2, 0) is 11.2 Å². The van der Waals surface area contributed by atoms with E-state index in [1.165, 1.54) is 50.5 Å². The van der Waals surface area contributed by atoms with Gasteiger partial charge in [0, 0.05) is 25.1 Å². The van der Waals surface area contributed by atoms with Crippen molar-refractivity contribution in [3.63, 3.8) is 0 Å². The van der Waals surface area contributed by atoms with Crippen molar-refractivity contribution < 1.29 is 4.74 Å². The van der Waals surface area contributed by atoms with Gasteiger partial charge in [-0.05, 0) is 37.0 Å². The Labute approximate surface area is 174 Å². The SMILES string of the molecule is COCNCCc1ccc2ncnc(NC3CCCCCCC3)c2c1.Cl.Cl. The lowest BCUT2D eigenvalue weighted by Crippen LogP contribution is -2.21. The highest BCUT2D eigenvalue weighted by molar-refractivity contribution is 5.89. The molecule has 0 radical (unpaired) electrons. The van der Waals surface area contributed by atoms with Gasteiger partial charge in [0.2, 0.25) is 0 Å². The highest BCUT2D eigenvalue weighted by Crippen LogP contribution is 2.25. The number of nitrogens with zero attached hydrogens (tertiary/aromatic N) is 2. The van der Waals surface area contributed by atoms with Gasteiger partial charge in [-0.3, -0.25) is 5.32 Å². The summed E-state index contributed by atoms with van der Waals surface area (Å²) in [7, 11) is 1.70. The Morgan fingerprint density at radius 2 is 1.78 bits per heavy atom. The largest absolute Gasteiger partial charge is 0.370 e. The maximum atomic E-state index is 5.03. The Kier molecular flexibility index (Phi) is 11.6. The van der Waals surface area contributed by atoms with E-state index >= 15 is 0 Å². The number of methoxy groups -OCH3 is 1. The molecule has 1 aromatic carbocycles. The molecule has 152 valence electrons. The van der Waals surface area contributed by atoms with Gasteiger partial charge in [0.25, 0.3) is 0 Å². The fourth-order valence-corrected chi connectivity index (χ4v) is 3.58. The Morgan fingerprint density at radius 3 is 2.52 bits per heavy atom. The lowest BCUT2D eigenvalue weighted by Gasteiger charge is -2.22. The third-order valence-corrected chi connectivity index (χ3v) is 4.98. The number of hydrogen-bond donors (Lipinski definition) is 2. The molecule has 3 rings (SSSR count). The third kappa shape index (κ3) is 7.41. The number of halogens is 2. The zero-order valence-corrected chi connectivity index (χ0v) is 17.7. The van der Waals surface area contributed by atoms with E-state index in [1.54, 1.807) is 13.4 Å². The molecule has 27 heavy (non-hydrogen) atoms. The van der Waals surface area contributed by atoms with Gasteiger partial charge >= 0.3 is 0 Å². The minimum absolute atomic E-state index is 0. The van der Waals surface area contributed by atoms with Crippen LogP contribution in [0.25, 0.3) is 10.9 Å². The predicted molar refractivity (Wildman–Crippen MR) is 117 cm³/mol. The summed E-state index contributed by atoms with van der Waals surface area (Å²) >= 11 is 0. The van der Waals surface area contributed by atoms with Gasteiger partial charge in [0.15, 0.2) is 0 Å². The molecular formula is C20H32Cl2N4O. The summed E-state index contributed by atoms with van der Waals surface area (Å²) in [6.45, 7) is 1.49. The first kappa shape index (κ1) is 23.9. The molecule has 7 heteroatoms. The summed E-state index contributed by atoms with van der Waals surface area (Å²) < 4.78 is 5.03. The number of ether oxygens (including phenoxy) is 1. The van der Waals surface area contributed by atoms with Gasteiger partial charge in [0.1, 0.15) is 12.1 Å². The fourth-order valence-electron chi connectivity index (χ4n) is 3.58. The van der Waals surface area contributed by atoms with Crippen molar-refractivity contribution in [3.8, 4) is 0 Å². The van der Waals surface area contributed by atoms with Crippen LogP contribution in [0.4, 0.5) is 5.82 Å². The topological polar surface area (TPSA) is 59.1 Å². The zero-order chi connectivity index (χ0) is 17.3. The van der Waals surface area contributed by atoms with Crippen molar-refractivity contribution in [2.75, 3.05) is 25.7 Å². The summed E-state index contributed by atoms with van der Waals surface area (Å²) in [5.41, 5.74) is 2.31. The number of anilines is 1. The van der Waals surface area contributed by atoms with Crippen LogP contribution < -0.4 is 10.6 Å². The lowest BCUT2D eigenvalue weighted by atomic mass is 9.96. The number of fused-ring (bicyclic) bond motifs is 1. The molecular weight excluding hydrogens is 383 g/mol. The van der Waals surface area contributed by atoms with Crippen LogP contribution in [0.2, 0.25) is 0 Å². The van der Waals surface area contributed by atoms with E-state index in [4.69, 9.17) is 4.74 Å². The van der Waals surface area contributed by atoms with Crippen LogP contribution in [0.1, 0.15) is 50.5 Å². The number of rotatable bonds is 7. The van der Waals surface area contributed by atoms with E-state index in [0.29, 0.717) is 12.8 Å². The molecule has 1 aromatic heterocycles. The predicted octanol–water partition coefficient (Wildman–Crippen LogP) is 4.73. The van der Waals surface area contributed by atoms with Crippen molar-refractivity contribution in [1.82, 2.24) is 15.3 Å². The van der Waals surface area contributed by atoms with Crippen LogP contribution in [0, 0.1) is 0 Å². The fraction of sp³-hybridized carbons (Fsp3) is 0.600. The maximum Gasteiger partial charge on any atom is 0.137 e. The normalized spacial score (nSPS) is 15.3. The monoisotopic (exact) mass is 414 g/mol. The van der Waals surface area contributed by atoms with E-state index in [0.717, 1.165) is 29.7 Å². The van der Waals surface area contributed by atoms with E-state index in [9.17, 15) is 0 Å². The number of aromatic nitrogens is 2. The molecule has 0 aliphatic heterocycles. The molecule has 1 aliphatic carbocycles. The van der Waals surface area contributed by atoms with Crippen LogP contribution in [0.3, 0.4) is 0 Å². The van der Waals surface area contributed by atoms with Crippen molar-refractivity contribution in [2.24, 2.45) is 0 Å². The molecule has 0 spiro atoms. The van der Waals surface area contributed by atoms with Gasteiger partial charge in [0.05, 0.1) is 12.2 Å². The van der Waals surface area contributed by atoms with Crippen molar-refractivity contribution in [2.45, 2.75) is 57.4 Å². The first-order valence-electron chi connectivity index (χ1n) is 9.56. The van der Waals surface area contributed by atoms with Crippen molar-refractivity contribution in [3.05, 3.63) is 30.1 Å². The van der Waals surface area contributed by atoms with Crippen molar-refractivity contribution >= 4 is 41.5 Å². The first-order chi connectivity index (χ1) is 12.4. The van der Waals surface area contributed by atoms with Gasteiger partial charge in [-0.2, -0.15) is 0 Å². The first-order valence-corrected chi connectivity index (χ1v) is 9.56. The number of benzene rings is 1. The van der Waals surface area contributed by atoms with E-state index in [1.807, 2.05) is 0 Å². The van der Waals surface area contributed by atoms with Crippen LogP contribution in [0.15, 0.2) is 24.5 Å². The summed E-state index contributed by atoms with van der Waals surface area (Å²) in [6, 6.07) is 7.02.